The van der Waals surface area contributed by atoms with Crippen LogP contribution in [0.3, 0.4) is 0 Å². The van der Waals surface area contributed by atoms with Gasteiger partial charge in [0, 0.05) is 20.9 Å². The summed E-state index contributed by atoms with van der Waals surface area (Å²) < 4.78 is 1.05. The lowest BCUT2D eigenvalue weighted by Gasteiger charge is -2.03. The molecule has 13 heavy (non-hydrogen) atoms. The molecule has 1 heterocycles. The maximum Gasteiger partial charge on any atom is 0.130 e. The Labute approximate surface area is 89.9 Å². The van der Waals surface area contributed by atoms with Crippen LogP contribution in [-0.4, -0.2) is 4.98 Å². The number of rotatable bonds is 0. The fourth-order valence-electron chi connectivity index (χ4n) is 1.37. The van der Waals surface area contributed by atoms with Gasteiger partial charge in [0.25, 0.3) is 0 Å². The molecule has 0 bridgehead atoms. The second kappa shape index (κ2) is 3.28. The largest absolute Gasteiger partial charge is 0.241 e. The molecule has 0 amide bonds. The van der Waals surface area contributed by atoms with Crippen molar-refractivity contribution in [2.24, 2.45) is 0 Å². The molecule has 0 aliphatic rings. The first kappa shape index (κ1) is 8.97. The van der Waals surface area contributed by atoms with E-state index in [1.807, 2.05) is 31.2 Å². The van der Waals surface area contributed by atoms with E-state index in [1.54, 1.807) is 0 Å². The molecular formula is C10H7BrClN. The average molecular weight is 257 g/mol. The van der Waals surface area contributed by atoms with Crippen molar-refractivity contribution in [1.82, 2.24) is 4.98 Å². The molecule has 0 saturated carbocycles. The van der Waals surface area contributed by atoms with Crippen LogP contribution >= 0.6 is 27.5 Å². The van der Waals surface area contributed by atoms with Crippen LogP contribution in [0.25, 0.3) is 10.8 Å². The van der Waals surface area contributed by atoms with E-state index in [1.165, 1.54) is 0 Å². The molecule has 2 rings (SSSR count). The van der Waals surface area contributed by atoms with Crippen molar-refractivity contribution in [1.29, 1.82) is 0 Å². The molecule has 1 aromatic carbocycles. The first-order valence-corrected chi connectivity index (χ1v) is 5.07. The monoisotopic (exact) mass is 255 g/mol. The number of fused-ring (bicyclic) bond motifs is 1. The zero-order valence-electron chi connectivity index (χ0n) is 7.01. The minimum atomic E-state index is 0.539. The SMILES string of the molecule is Cc1nc(Cl)cc2c(Br)cccc12. The first-order chi connectivity index (χ1) is 6.18. The van der Waals surface area contributed by atoms with Gasteiger partial charge in [0.05, 0.1) is 0 Å². The lowest BCUT2D eigenvalue weighted by molar-refractivity contribution is 1.23. The van der Waals surface area contributed by atoms with Gasteiger partial charge in [-0.3, -0.25) is 0 Å². The van der Waals surface area contributed by atoms with E-state index in [0.29, 0.717) is 5.15 Å². The molecule has 1 aromatic heterocycles. The van der Waals surface area contributed by atoms with Crippen molar-refractivity contribution in [2.45, 2.75) is 6.92 Å². The molecule has 1 nitrogen and oxygen atoms in total. The van der Waals surface area contributed by atoms with Gasteiger partial charge in [0.1, 0.15) is 5.15 Å². The molecule has 0 aliphatic heterocycles. The zero-order chi connectivity index (χ0) is 9.42. The third kappa shape index (κ3) is 1.56. The first-order valence-electron chi connectivity index (χ1n) is 3.90. The molecule has 0 spiro atoms. The van der Waals surface area contributed by atoms with Crippen LogP contribution in [0.15, 0.2) is 28.7 Å². The Bertz CT molecular complexity index is 468. The molecular weight excluding hydrogens is 249 g/mol. The Morgan fingerprint density at radius 3 is 2.85 bits per heavy atom. The highest BCUT2D eigenvalue weighted by molar-refractivity contribution is 9.10. The predicted molar refractivity (Wildman–Crippen MR) is 59.2 cm³/mol. The fourth-order valence-corrected chi connectivity index (χ4v) is 2.09. The van der Waals surface area contributed by atoms with E-state index < -0.39 is 0 Å². The molecule has 0 aliphatic carbocycles. The van der Waals surface area contributed by atoms with Crippen LogP contribution in [0, 0.1) is 6.92 Å². The molecule has 0 atom stereocenters. The summed E-state index contributed by atoms with van der Waals surface area (Å²) in [6.07, 6.45) is 0. The summed E-state index contributed by atoms with van der Waals surface area (Å²) in [4.78, 5) is 4.19. The number of hydrogen-bond donors (Lipinski definition) is 0. The van der Waals surface area contributed by atoms with Gasteiger partial charge < -0.3 is 0 Å². The van der Waals surface area contributed by atoms with Gasteiger partial charge in [0.2, 0.25) is 0 Å². The van der Waals surface area contributed by atoms with Gasteiger partial charge in [-0.1, -0.05) is 39.7 Å². The van der Waals surface area contributed by atoms with E-state index in [4.69, 9.17) is 11.6 Å². The highest BCUT2D eigenvalue weighted by atomic mass is 79.9. The van der Waals surface area contributed by atoms with Crippen molar-refractivity contribution in [3.05, 3.63) is 39.6 Å². The Balaban J connectivity index is 2.94. The third-order valence-corrected chi connectivity index (χ3v) is 2.87. The lowest BCUT2D eigenvalue weighted by atomic mass is 10.1. The van der Waals surface area contributed by atoms with Crippen molar-refractivity contribution in [2.75, 3.05) is 0 Å². The summed E-state index contributed by atoms with van der Waals surface area (Å²) >= 11 is 9.34. The van der Waals surface area contributed by atoms with Crippen molar-refractivity contribution < 1.29 is 0 Å². The van der Waals surface area contributed by atoms with Gasteiger partial charge in [-0.2, -0.15) is 0 Å². The molecule has 2 aromatic rings. The quantitative estimate of drug-likeness (QED) is 0.650. The van der Waals surface area contributed by atoms with E-state index in [9.17, 15) is 0 Å². The van der Waals surface area contributed by atoms with Crippen molar-refractivity contribution in [3.63, 3.8) is 0 Å². The minimum Gasteiger partial charge on any atom is -0.241 e. The van der Waals surface area contributed by atoms with Gasteiger partial charge in [0.15, 0.2) is 0 Å². The number of pyridine rings is 1. The van der Waals surface area contributed by atoms with Crippen molar-refractivity contribution >= 4 is 38.3 Å². The van der Waals surface area contributed by atoms with E-state index in [-0.39, 0.29) is 0 Å². The summed E-state index contributed by atoms with van der Waals surface area (Å²) in [6, 6.07) is 7.90. The standard InChI is InChI=1S/C10H7BrClN/c1-6-7-3-2-4-9(11)8(7)5-10(12)13-6/h2-5H,1H3. The van der Waals surface area contributed by atoms with Crippen molar-refractivity contribution in [3.8, 4) is 0 Å². The van der Waals surface area contributed by atoms with Crippen LogP contribution in [0.5, 0.6) is 0 Å². The van der Waals surface area contributed by atoms with Crippen LogP contribution in [-0.2, 0) is 0 Å². The number of hydrogen-bond acceptors (Lipinski definition) is 1. The summed E-state index contributed by atoms with van der Waals surface area (Å²) in [5.74, 6) is 0. The molecule has 0 N–H and O–H groups in total. The Morgan fingerprint density at radius 2 is 2.08 bits per heavy atom. The zero-order valence-corrected chi connectivity index (χ0v) is 9.35. The highest BCUT2D eigenvalue weighted by Gasteiger charge is 2.03. The van der Waals surface area contributed by atoms with Gasteiger partial charge in [-0.25, -0.2) is 4.98 Å². The second-order valence-corrected chi connectivity index (χ2v) is 4.11. The number of benzene rings is 1. The lowest BCUT2D eigenvalue weighted by Crippen LogP contribution is -1.85. The maximum absolute atomic E-state index is 5.86. The topological polar surface area (TPSA) is 12.9 Å². The van der Waals surface area contributed by atoms with E-state index >= 15 is 0 Å². The van der Waals surface area contributed by atoms with Crippen LogP contribution in [0.2, 0.25) is 5.15 Å². The normalized spacial score (nSPS) is 10.7. The molecule has 3 heteroatoms. The molecule has 0 fully saturated rings. The Morgan fingerprint density at radius 1 is 1.31 bits per heavy atom. The maximum atomic E-state index is 5.86. The summed E-state index contributed by atoms with van der Waals surface area (Å²) in [6.45, 7) is 1.96. The third-order valence-electron chi connectivity index (χ3n) is 1.98. The van der Waals surface area contributed by atoms with Gasteiger partial charge >= 0.3 is 0 Å². The predicted octanol–water partition coefficient (Wildman–Crippen LogP) is 3.96. The van der Waals surface area contributed by atoms with E-state index in [2.05, 4.69) is 20.9 Å². The summed E-state index contributed by atoms with van der Waals surface area (Å²) in [5.41, 5.74) is 0.962. The summed E-state index contributed by atoms with van der Waals surface area (Å²) in [7, 11) is 0. The molecule has 0 unspecified atom stereocenters. The number of aryl methyl sites for hydroxylation is 1. The van der Waals surface area contributed by atoms with Crippen LogP contribution in [0.1, 0.15) is 5.69 Å². The minimum absolute atomic E-state index is 0.539. The average Bonchev–Trinajstić information content (AvgIpc) is 2.07. The number of halogens is 2. The Hall–Kier alpha value is -0.600. The van der Waals surface area contributed by atoms with Gasteiger partial charge in [-0.15, -0.1) is 0 Å². The van der Waals surface area contributed by atoms with Gasteiger partial charge in [-0.05, 0) is 19.1 Å². The summed E-state index contributed by atoms with van der Waals surface area (Å²) in [5, 5.41) is 2.79. The highest BCUT2D eigenvalue weighted by Crippen LogP contribution is 2.27. The molecule has 66 valence electrons. The Kier molecular flexibility index (Phi) is 2.26. The second-order valence-electron chi connectivity index (χ2n) is 2.87. The van der Waals surface area contributed by atoms with E-state index in [0.717, 1.165) is 20.9 Å². The smallest absolute Gasteiger partial charge is 0.130 e. The molecule has 0 saturated heterocycles. The van der Waals surface area contributed by atoms with Crippen LogP contribution < -0.4 is 0 Å². The molecule has 0 radical (unpaired) electrons. The number of nitrogens with zero attached hydrogens (tertiary/aromatic N) is 1. The number of aromatic nitrogens is 1. The van der Waals surface area contributed by atoms with Crippen LogP contribution in [0.4, 0.5) is 0 Å². The fraction of sp³-hybridized carbons (Fsp3) is 0.100.